The molecule has 0 aromatic carbocycles. The van der Waals surface area contributed by atoms with Gasteiger partial charge in [-0.05, 0) is 26.7 Å². The minimum atomic E-state index is -1.62. The molecule has 0 heterocycles. The van der Waals surface area contributed by atoms with Gasteiger partial charge in [-0.15, -0.1) is 0 Å². The van der Waals surface area contributed by atoms with Crippen LogP contribution in [0, 0.1) is 5.92 Å². The summed E-state index contributed by atoms with van der Waals surface area (Å²) in [4.78, 5) is 71.2. The van der Waals surface area contributed by atoms with E-state index in [1.54, 1.807) is 0 Å². The quantitative estimate of drug-likeness (QED) is 0.241. The normalized spacial score (nSPS) is 8.86. The summed E-state index contributed by atoms with van der Waals surface area (Å²) >= 11 is 0. The van der Waals surface area contributed by atoms with E-state index in [9.17, 15) is 48.9 Å². The molecular formula is C18H25O10Ti. The van der Waals surface area contributed by atoms with Gasteiger partial charge in [-0.2, -0.15) is 0 Å². The summed E-state index contributed by atoms with van der Waals surface area (Å²) in [7, 11) is 0. The van der Waals surface area contributed by atoms with Crippen molar-refractivity contribution in [1.29, 1.82) is 0 Å². The van der Waals surface area contributed by atoms with Crippen LogP contribution in [0.2, 0.25) is 0 Å². The SMILES string of the molecule is CC(=O)C(C(C)=O)C(=O)[O-].CCCC(=O)CC(=O)[O-].CCCC(=O)CC(=O)[O-].[Ti+3]. The first-order valence-electron chi connectivity index (χ1n) is 8.44. The fourth-order valence-corrected chi connectivity index (χ4v) is 1.67. The van der Waals surface area contributed by atoms with Gasteiger partial charge in [0.05, 0.1) is 5.97 Å². The van der Waals surface area contributed by atoms with Gasteiger partial charge in [-0.1, -0.05) is 13.8 Å². The zero-order valence-corrected chi connectivity index (χ0v) is 18.5. The number of carboxylic acid groups (broad SMARTS) is 3. The third-order valence-corrected chi connectivity index (χ3v) is 2.79. The van der Waals surface area contributed by atoms with Gasteiger partial charge >= 0.3 is 21.7 Å². The van der Waals surface area contributed by atoms with E-state index in [0.29, 0.717) is 25.7 Å². The Balaban J connectivity index is -0.000000159. The summed E-state index contributed by atoms with van der Waals surface area (Å²) in [5.41, 5.74) is 0. The Morgan fingerprint density at radius 2 is 0.931 bits per heavy atom. The van der Waals surface area contributed by atoms with Crippen molar-refractivity contribution in [2.24, 2.45) is 5.92 Å². The largest absolute Gasteiger partial charge is 3.00 e. The molecule has 161 valence electrons. The summed E-state index contributed by atoms with van der Waals surface area (Å²) in [6.07, 6.45) is 1.21. The molecule has 0 N–H and O–H groups in total. The monoisotopic (exact) mass is 449 g/mol. The first kappa shape index (κ1) is 34.3. The fourth-order valence-electron chi connectivity index (χ4n) is 1.67. The summed E-state index contributed by atoms with van der Waals surface area (Å²) in [6, 6.07) is 0. The smallest absolute Gasteiger partial charge is 0.550 e. The third kappa shape index (κ3) is 25.8. The van der Waals surface area contributed by atoms with Gasteiger partial charge in [0.1, 0.15) is 29.1 Å². The molecule has 0 aliphatic rings. The van der Waals surface area contributed by atoms with Crippen molar-refractivity contribution in [3.05, 3.63) is 0 Å². The molecule has 0 rings (SSSR count). The summed E-state index contributed by atoms with van der Waals surface area (Å²) < 4.78 is 0. The van der Waals surface area contributed by atoms with Crippen LogP contribution < -0.4 is 15.3 Å². The number of carboxylic acids is 3. The minimum Gasteiger partial charge on any atom is -0.550 e. The number of hydrogen-bond acceptors (Lipinski definition) is 10. The van der Waals surface area contributed by atoms with Gasteiger partial charge in [0.2, 0.25) is 0 Å². The molecule has 11 heteroatoms. The first-order valence-corrected chi connectivity index (χ1v) is 8.44. The van der Waals surface area contributed by atoms with Gasteiger partial charge in [0, 0.05) is 37.6 Å². The molecule has 0 unspecified atom stereocenters. The average molecular weight is 449 g/mol. The Hall–Kier alpha value is -2.20. The van der Waals surface area contributed by atoms with Gasteiger partial charge in [0.25, 0.3) is 0 Å². The molecule has 0 aliphatic heterocycles. The van der Waals surface area contributed by atoms with Crippen molar-refractivity contribution in [1.82, 2.24) is 0 Å². The van der Waals surface area contributed by atoms with Crippen molar-refractivity contribution in [3.63, 3.8) is 0 Å². The Morgan fingerprint density at radius 3 is 1.03 bits per heavy atom. The molecule has 0 aromatic heterocycles. The predicted molar refractivity (Wildman–Crippen MR) is 88.9 cm³/mol. The van der Waals surface area contributed by atoms with Crippen molar-refractivity contribution >= 4 is 41.0 Å². The molecular weight excluding hydrogens is 424 g/mol. The van der Waals surface area contributed by atoms with E-state index in [2.05, 4.69) is 0 Å². The van der Waals surface area contributed by atoms with Crippen molar-refractivity contribution in [2.45, 2.75) is 66.2 Å². The number of aliphatic carboxylic acids is 3. The van der Waals surface area contributed by atoms with E-state index in [-0.39, 0.29) is 33.3 Å². The second kappa shape index (κ2) is 20.5. The first-order chi connectivity index (χ1) is 12.8. The van der Waals surface area contributed by atoms with Gasteiger partial charge in [-0.3, -0.25) is 19.2 Å². The third-order valence-electron chi connectivity index (χ3n) is 2.79. The number of Topliss-reactive ketones (excluding diaryl/α,β-unsaturated/α-hetero) is 4. The maximum absolute atomic E-state index is 10.4. The molecule has 0 saturated heterocycles. The number of carbonyl (C=O) groups is 7. The standard InChI is InChI=1S/C6H8O4.2C6H10O3.Ti/c1-3(7)5(4(2)8)6(9)10;2*1-2-3-5(7)4-6(8)9;/h5H,1-2H3,(H,9,10);2*2-4H2,1H3,(H,8,9);/q;;;+3/p-3. The Bertz CT molecular complexity index is 520. The van der Waals surface area contributed by atoms with Crippen LogP contribution in [0.1, 0.15) is 66.2 Å². The molecule has 0 atom stereocenters. The van der Waals surface area contributed by atoms with Crippen molar-refractivity contribution in [2.75, 3.05) is 0 Å². The van der Waals surface area contributed by atoms with Crippen LogP contribution in [0.25, 0.3) is 0 Å². The van der Waals surface area contributed by atoms with E-state index in [1.165, 1.54) is 0 Å². The van der Waals surface area contributed by atoms with Crippen LogP contribution in [0.3, 0.4) is 0 Å². The van der Waals surface area contributed by atoms with Crippen LogP contribution in [0.15, 0.2) is 0 Å². The molecule has 0 aromatic rings. The number of ketones is 4. The van der Waals surface area contributed by atoms with Crippen LogP contribution in [-0.4, -0.2) is 41.0 Å². The topological polar surface area (TPSA) is 189 Å². The van der Waals surface area contributed by atoms with Crippen molar-refractivity contribution < 1.29 is 70.6 Å². The zero-order valence-electron chi connectivity index (χ0n) is 16.9. The maximum Gasteiger partial charge on any atom is 3.00 e. The molecule has 0 aliphatic carbocycles. The molecule has 0 bridgehead atoms. The van der Waals surface area contributed by atoms with Crippen LogP contribution in [0.4, 0.5) is 0 Å². The van der Waals surface area contributed by atoms with Crippen LogP contribution in [0.5, 0.6) is 0 Å². The van der Waals surface area contributed by atoms with Gasteiger partial charge < -0.3 is 29.7 Å². The second-order valence-electron chi connectivity index (χ2n) is 5.65. The van der Waals surface area contributed by atoms with Crippen LogP contribution >= 0.6 is 0 Å². The fraction of sp³-hybridized carbons (Fsp3) is 0.611. The molecule has 0 spiro atoms. The molecule has 10 nitrogen and oxygen atoms in total. The Morgan fingerprint density at radius 1 is 0.655 bits per heavy atom. The molecule has 1 radical (unpaired) electrons. The zero-order chi connectivity index (χ0) is 22.9. The van der Waals surface area contributed by atoms with E-state index < -0.39 is 48.2 Å². The molecule has 0 saturated carbocycles. The van der Waals surface area contributed by atoms with Crippen LogP contribution in [-0.2, 0) is 55.3 Å². The molecule has 0 amide bonds. The number of hydrogen-bond donors (Lipinski definition) is 0. The van der Waals surface area contributed by atoms with Gasteiger partial charge in [0.15, 0.2) is 0 Å². The second-order valence-corrected chi connectivity index (χ2v) is 5.65. The van der Waals surface area contributed by atoms with Gasteiger partial charge in [-0.25, -0.2) is 0 Å². The number of carbonyl (C=O) groups excluding carboxylic acids is 7. The molecule has 29 heavy (non-hydrogen) atoms. The van der Waals surface area contributed by atoms with E-state index >= 15 is 0 Å². The predicted octanol–water partition coefficient (Wildman–Crippen LogP) is -2.48. The van der Waals surface area contributed by atoms with E-state index in [1.807, 2.05) is 13.8 Å². The van der Waals surface area contributed by atoms with Crippen molar-refractivity contribution in [3.8, 4) is 0 Å². The Labute approximate surface area is 183 Å². The summed E-state index contributed by atoms with van der Waals surface area (Å²) in [5.74, 6) is -7.66. The number of rotatable bonds is 11. The molecule has 0 fully saturated rings. The Kier molecular flexibility index (Phi) is 24.3. The maximum atomic E-state index is 10.4. The summed E-state index contributed by atoms with van der Waals surface area (Å²) in [5, 5.41) is 29.5. The minimum absolute atomic E-state index is 0. The summed E-state index contributed by atoms with van der Waals surface area (Å²) in [6.45, 7) is 5.74. The average Bonchev–Trinajstić information content (AvgIpc) is 2.45. The van der Waals surface area contributed by atoms with E-state index in [0.717, 1.165) is 13.8 Å². The van der Waals surface area contributed by atoms with E-state index in [4.69, 9.17) is 0 Å².